The summed E-state index contributed by atoms with van der Waals surface area (Å²) in [5, 5.41) is 0. The first-order valence-electron chi connectivity index (χ1n) is 10.3. The highest BCUT2D eigenvalue weighted by atomic mass is 32.2. The van der Waals surface area contributed by atoms with Crippen LogP contribution in [0.3, 0.4) is 0 Å². The number of sulfonamides is 1. The fraction of sp³-hybridized carbons (Fsp3) is 0.455. The summed E-state index contributed by atoms with van der Waals surface area (Å²) in [5.74, 6) is 1.56. The van der Waals surface area contributed by atoms with Gasteiger partial charge in [-0.25, -0.2) is 18.4 Å². The molecule has 4 rings (SSSR count). The highest BCUT2D eigenvalue weighted by Gasteiger charge is 2.35. The zero-order valence-corrected chi connectivity index (χ0v) is 18.1. The first kappa shape index (κ1) is 20.0. The number of imidazole rings is 1. The van der Waals surface area contributed by atoms with Gasteiger partial charge in [0.1, 0.15) is 11.3 Å². The van der Waals surface area contributed by atoms with Crippen molar-refractivity contribution in [2.24, 2.45) is 5.92 Å². The van der Waals surface area contributed by atoms with E-state index in [2.05, 4.69) is 30.3 Å². The predicted octanol–water partition coefficient (Wildman–Crippen LogP) is 3.83. The predicted molar refractivity (Wildman–Crippen MR) is 114 cm³/mol. The fourth-order valence-corrected chi connectivity index (χ4v) is 5.67. The van der Waals surface area contributed by atoms with Gasteiger partial charge in [-0.3, -0.25) is 0 Å². The largest absolute Gasteiger partial charge is 0.313 e. The lowest BCUT2D eigenvalue weighted by molar-refractivity contribution is 0.469. The quantitative estimate of drug-likeness (QED) is 0.617. The molecule has 6 nitrogen and oxygen atoms in total. The maximum atomic E-state index is 13.2. The Bertz CT molecular complexity index is 1100. The minimum absolute atomic E-state index is 0.0825. The Morgan fingerprint density at radius 3 is 2.62 bits per heavy atom. The monoisotopic (exact) mass is 412 g/mol. The molecule has 0 spiro atoms. The molecular weight excluding hydrogens is 384 g/mol. The third kappa shape index (κ3) is 3.81. The fourth-order valence-electron chi connectivity index (χ4n) is 4.17. The van der Waals surface area contributed by atoms with Crippen molar-refractivity contribution in [1.82, 2.24) is 18.8 Å². The van der Waals surface area contributed by atoms with Crippen LogP contribution in [0.2, 0.25) is 0 Å². The lowest BCUT2D eigenvalue weighted by Gasteiger charge is -2.17. The molecule has 1 aromatic carbocycles. The van der Waals surface area contributed by atoms with Crippen LogP contribution in [-0.2, 0) is 23.0 Å². The Balaban J connectivity index is 1.56. The summed E-state index contributed by atoms with van der Waals surface area (Å²) >= 11 is 0. The number of fused-ring (bicyclic) bond motifs is 1. The third-order valence-electron chi connectivity index (χ3n) is 5.57. The maximum Gasteiger partial charge on any atom is 0.243 e. The van der Waals surface area contributed by atoms with Crippen LogP contribution < -0.4 is 0 Å². The van der Waals surface area contributed by atoms with E-state index in [9.17, 15) is 8.42 Å². The molecule has 154 valence electrons. The number of nitrogens with zero attached hydrogens (tertiary/aromatic N) is 4. The number of aromatic nitrogens is 3. The molecule has 0 saturated carbocycles. The summed E-state index contributed by atoms with van der Waals surface area (Å²) < 4.78 is 30.0. The Morgan fingerprint density at radius 2 is 1.93 bits per heavy atom. The smallest absolute Gasteiger partial charge is 0.243 e. The van der Waals surface area contributed by atoms with Gasteiger partial charge in [0.25, 0.3) is 0 Å². The second kappa shape index (κ2) is 7.88. The Morgan fingerprint density at radius 1 is 1.17 bits per heavy atom. The molecule has 0 N–H and O–H groups in total. The summed E-state index contributed by atoms with van der Waals surface area (Å²) in [4.78, 5) is 9.60. The maximum absolute atomic E-state index is 13.2. The van der Waals surface area contributed by atoms with E-state index in [0.717, 1.165) is 36.4 Å². The van der Waals surface area contributed by atoms with Crippen molar-refractivity contribution in [3.05, 3.63) is 54.0 Å². The van der Waals surface area contributed by atoms with Crippen LogP contribution in [0.5, 0.6) is 0 Å². The molecule has 0 radical (unpaired) electrons. The van der Waals surface area contributed by atoms with E-state index >= 15 is 0 Å². The van der Waals surface area contributed by atoms with Gasteiger partial charge in [0.05, 0.1) is 4.90 Å². The lowest BCUT2D eigenvalue weighted by Crippen LogP contribution is -2.29. The molecule has 0 unspecified atom stereocenters. The van der Waals surface area contributed by atoms with Crippen molar-refractivity contribution in [3.8, 4) is 0 Å². The molecule has 1 aliphatic heterocycles. The zero-order valence-electron chi connectivity index (χ0n) is 17.2. The van der Waals surface area contributed by atoms with Crippen molar-refractivity contribution in [2.45, 2.75) is 51.0 Å². The van der Waals surface area contributed by atoms with E-state index in [0.29, 0.717) is 23.9 Å². The minimum Gasteiger partial charge on any atom is -0.313 e. The van der Waals surface area contributed by atoms with Crippen LogP contribution in [0, 0.1) is 5.92 Å². The molecule has 1 fully saturated rings. The Hall–Kier alpha value is -2.25. The highest BCUT2D eigenvalue weighted by Crippen LogP contribution is 2.32. The van der Waals surface area contributed by atoms with E-state index in [1.165, 1.54) is 5.56 Å². The van der Waals surface area contributed by atoms with Crippen LogP contribution in [0.1, 0.15) is 44.5 Å². The third-order valence-corrected chi connectivity index (χ3v) is 7.45. The van der Waals surface area contributed by atoms with Crippen LogP contribution in [-0.4, -0.2) is 40.3 Å². The topological polar surface area (TPSA) is 68.1 Å². The summed E-state index contributed by atoms with van der Waals surface area (Å²) in [6.45, 7) is 8.13. The summed E-state index contributed by atoms with van der Waals surface area (Å²) in [6.07, 6.45) is 3.50. The van der Waals surface area contributed by atoms with Gasteiger partial charge in [0, 0.05) is 31.7 Å². The SMILES string of the molecule is CCn1c([C@@H]2CCN(S(=O)(=O)c3ccc(CC(C)C)cc3)C2)nc2cccnc21. The molecule has 0 aliphatic carbocycles. The molecule has 1 aliphatic rings. The van der Waals surface area contributed by atoms with Crippen LogP contribution >= 0.6 is 0 Å². The molecule has 29 heavy (non-hydrogen) atoms. The van der Waals surface area contributed by atoms with Crippen molar-refractivity contribution < 1.29 is 8.42 Å². The molecule has 7 heteroatoms. The van der Waals surface area contributed by atoms with Gasteiger partial charge in [-0.15, -0.1) is 0 Å². The Kier molecular flexibility index (Phi) is 5.44. The molecule has 1 saturated heterocycles. The number of aryl methyl sites for hydroxylation is 1. The number of benzene rings is 1. The number of rotatable bonds is 6. The average molecular weight is 413 g/mol. The van der Waals surface area contributed by atoms with Crippen molar-refractivity contribution in [3.63, 3.8) is 0 Å². The van der Waals surface area contributed by atoms with E-state index < -0.39 is 10.0 Å². The normalized spacial score (nSPS) is 18.1. The average Bonchev–Trinajstić information content (AvgIpc) is 3.33. The van der Waals surface area contributed by atoms with Gasteiger partial charge in [-0.05, 0) is 55.5 Å². The molecule has 1 atom stereocenters. The number of pyridine rings is 1. The van der Waals surface area contributed by atoms with Gasteiger partial charge >= 0.3 is 0 Å². The summed E-state index contributed by atoms with van der Waals surface area (Å²) in [5.41, 5.74) is 2.90. The van der Waals surface area contributed by atoms with E-state index in [1.54, 1.807) is 22.6 Å². The Labute approximate surface area is 172 Å². The number of hydrogen-bond acceptors (Lipinski definition) is 4. The van der Waals surface area contributed by atoms with E-state index in [-0.39, 0.29) is 5.92 Å². The van der Waals surface area contributed by atoms with Gasteiger partial charge in [0.2, 0.25) is 10.0 Å². The molecule has 3 aromatic rings. The van der Waals surface area contributed by atoms with Crippen molar-refractivity contribution >= 4 is 21.2 Å². The molecule has 0 bridgehead atoms. The van der Waals surface area contributed by atoms with Crippen LogP contribution in [0.4, 0.5) is 0 Å². The van der Waals surface area contributed by atoms with Gasteiger partial charge < -0.3 is 4.57 Å². The van der Waals surface area contributed by atoms with Gasteiger partial charge in [-0.1, -0.05) is 26.0 Å². The molecular formula is C22H28N4O2S. The zero-order chi connectivity index (χ0) is 20.6. The minimum atomic E-state index is -3.49. The second-order valence-corrected chi connectivity index (χ2v) is 10.1. The van der Waals surface area contributed by atoms with Crippen molar-refractivity contribution in [1.29, 1.82) is 0 Å². The first-order chi connectivity index (χ1) is 13.9. The standard InChI is InChI=1S/C22H28N4O2S/c1-4-26-21(24-20-6-5-12-23-22(20)26)18-11-13-25(15-18)29(27,28)19-9-7-17(8-10-19)14-16(2)3/h5-10,12,16,18H,4,11,13-15H2,1-3H3/t18-/m1/s1. The van der Waals surface area contributed by atoms with E-state index in [4.69, 9.17) is 4.98 Å². The number of hydrogen-bond donors (Lipinski definition) is 0. The van der Waals surface area contributed by atoms with E-state index in [1.807, 2.05) is 24.3 Å². The van der Waals surface area contributed by atoms with Crippen molar-refractivity contribution in [2.75, 3.05) is 13.1 Å². The molecule has 3 heterocycles. The molecule has 0 amide bonds. The van der Waals surface area contributed by atoms with Crippen LogP contribution in [0.15, 0.2) is 47.5 Å². The van der Waals surface area contributed by atoms with Gasteiger partial charge in [-0.2, -0.15) is 4.31 Å². The van der Waals surface area contributed by atoms with Gasteiger partial charge in [0.15, 0.2) is 5.65 Å². The lowest BCUT2D eigenvalue weighted by atomic mass is 10.0. The molecule has 2 aromatic heterocycles. The highest BCUT2D eigenvalue weighted by molar-refractivity contribution is 7.89. The summed E-state index contributed by atoms with van der Waals surface area (Å²) in [6, 6.07) is 11.2. The first-order valence-corrected chi connectivity index (χ1v) is 11.7. The van der Waals surface area contributed by atoms with Crippen LogP contribution in [0.25, 0.3) is 11.2 Å². The summed E-state index contributed by atoms with van der Waals surface area (Å²) in [7, 11) is -3.49. The second-order valence-electron chi connectivity index (χ2n) is 8.15.